The lowest BCUT2D eigenvalue weighted by Crippen LogP contribution is -2.14. The Labute approximate surface area is 128 Å². The third-order valence-electron chi connectivity index (χ3n) is 3.80. The van der Waals surface area contributed by atoms with Crippen LogP contribution >= 0.6 is 0 Å². The molecule has 1 aromatic carbocycles. The fourth-order valence-electron chi connectivity index (χ4n) is 2.48. The summed E-state index contributed by atoms with van der Waals surface area (Å²) in [5, 5.41) is 10.5. The highest BCUT2D eigenvalue weighted by Gasteiger charge is 1.99. The third kappa shape index (κ3) is 5.72. The van der Waals surface area contributed by atoms with E-state index in [2.05, 4.69) is 46.7 Å². The van der Waals surface area contributed by atoms with Crippen LogP contribution in [-0.4, -0.2) is 16.7 Å². The number of aromatic nitrogens is 2. The van der Waals surface area contributed by atoms with Gasteiger partial charge in [-0.3, -0.25) is 5.10 Å². The van der Waals surface area contributed by atoms with Crippen molar-refractivity contribution in [1.82, 2.24) is 15.5 Å². The Hall–Kier alpha value is -1.61. The molecule has 0 spiro atoms. The zero-order chi connectivity index (χ0) is 14.8. The number of nitrogens with one attached hydrogen (secondary N) is 2. The summed E-state index contributed by atoms with van der Waals surface area (Å²) in [4.78, 5) is 0. The molecule has 0 atom stereocenters. The summed E-state index contributed by atoms with van der Waals surface area (Å²) in [6.07, 6.45) is 9.91. The molecule has 0 fully saturated rings. The van der Waals surface area contributed by atoms with Crippen LogP contribution in [0.25, 0.3) is 11.3 Å². The molecular formula is C18H27N3. The first-order chi connectivity index (χ1) is 10.4. The van der Waals surface area contributed by atoms with Crippen LogP contribution in [-0.2, 0) is 6.54 Å². The molecule has 21 heavy (non-hydrogen) atoms. The van der Waals surface area contributed by atoms with Crippen molar-refractivity contribution in [3.05, 3.63) is 42.1 Å². The van der Waals surface area contributed by atoms with Gasteiger partial charge in [0.1, 0.15) is 0 Å². The lowest BCUT2D eigenvalue weighted by molar-refractivity contribution is 0.572. The number of H-pyrrole nitrogens is 1. The maximum absolute atomic E-state index is 3.98. The van der Waals surface area contributed by atoms with E-state index >= 15 is 0 Å². The standard InChI is InChI=1S/C18H27N3/c1-2-3-4-5-6-7-13-19-15-16-8-10-17(11-9-16)18-12-14-20-21-18/h8-12,14,19H,2-7,13,15H2,1H3,(H,20,21). The number of rotatable bonds is 10. The molecule has 3 nitrogen and oxygen atoms in total. The molecule has 2 aromatic rings. The molecule has 114 valence electrons. The molecule has 2 N–H and O–H groups in total. The van der Waals surface area contributed by atoms with Gasteiger partial charge in [-0.05, 0) is 30.2 Å². The van der Waals surface area contributed by atoms with Gasteiger partial charge < -0.3 is 5.32 Å². The quantitative estimate of drug-likeness (QED) is 0.630. The van der Waals surface area contributed by atoms with Gasteiger partial charge in [-0.2, -0.15) is 5.10 Å². The fraction of sp³-hybridized carbons (Fsp3) is 0.500. The second-order valence-electron chi connectivity index (χ2n) is 5.61. The van der Waals surface area contributed by atoms with Crippen molar-refractivity contribution in [3.8, 4) is 11.3 Å². The van der Waals surface area contributed by atoms with Crippen molar-refractivity contribution >= 4 is 0 Å². The molecule has 0 unspecified atom stereocenters. The smallest absolute Gasteiger partial charge is 0.0650 e. The van der Waals surface area contributed by atoms with Crippen LogP contribution in [0.1, 0.15) is 51.0 Å². The third-order valence-corrected chi connectivity index (χ3v) is 3.80. The van der Waals surface area contributed by atoms with E-state index in [1.807, 2.05) is 6.07 Å². The van der Waals surface area contributed by atoms with Crippen molar-refractivity contribution in [2.45, 2.75) is 52.0 Å². The van der Waals surface area contributed by atoms with Crippen LogP contribution in [0, 0.1) is 0 Å². The van der Waals surface area contributed by atoms with Gasteiger partial charge in [0.15, 0.2) is 0 Å². The average molecular weight is 285 g/mol. The first kappa shape index (κ1) is 15.8. The molecule has 2 rings (SSSR count). The van der Waals surface area contributed by atoms with Crippen LogP contribution in [0.2, 0.25) is 0 Å². The van der Waals surface area contributed by atoms with E-state index in [0.29, 0.717) is 0 Å². The van der Waals surface area contributed by atoms with E-state index in [0.717, 1.165) is 18.8 Å². The van der Waals surface area contributed by atoms with Crippen LogP contribution in [0.15, 0.2) is 36.5 Å². The van der Waals surface area contributed by atoms with Crippen LogP contribution in [0.4, 0.5) is 0 Å². The molecule has 0 amide bonds. The predicted molar refractivity (Wildman–Crippen MR) is 89.1 cm³/mol. The highest BCUT2D eigenvalue weighted by molar-refractivity contribution is 5.58. The minimum absolute atomic E-state index is 0.957. The Balaban J connectivity index is 1.61. The van der Waals surface area contributed by atoms with Gasteiger partial charge in [0.2, 0.25) is 0 Å². The first-order valence-electron chi connectivity index (χ1n) is 8.19. The van der Waals surface area contributed by atoms with Crippen molar-refractivity contribution in [1.29, 1.82) is 0 Å². The number of hydrogen-bond donors (Lipinski definition) is 2. The normalized spacial score (nSPS) is 10.9. The molecule has 0 aliphatic carbocycles. The summed E-state index contributed by atoms with van der Waals surface area (Å²) in [6.45, 7) is 4.34. The number of benzene rings is 1. The molecular weight excluding hydrogens is 258 g/mol. The summed E-state index contributed by atoms with van der Waals surface area (Å²) in [5.74, 6) is 0. The van der Waals surface area contributed by atoms with Crippen LogP contribution in [0.5, 0.6) is 0 Å². The number of aromatic amines is 1. The Kier molecular flexibility index (Phi) is 7.02. The van der Waals surface area contributed by atoms with Crippen molar-refractivity contribution in [2.75, 3.05) is 6.54 Å². The van der Waals surface area contributed by atoms with E-state index in [1.165, 1.54) is 49.7 Å². The topological polar surface area (TPSA) is 40.7 Å². The van der Waals surface area contributed by atoms with E-state index in [9.17, 15) is 0 Å². The number of hydrogen-bond acceptors (Lipinski definition) is 2. The summed E-state index contributed by atoms with van der Waals surface area (Å²) >= 11 is 0. The van der Waals surface area contributed by atoms with Gasteiger partial charge in [-0.25, -0.2) is 0 Å². The molecule has 1 aromatic heterocycles. The highest BCUT2D eigenvalue weighted by Crippen LogP contribution is 2.16. The Morgan fingerprint density at radius 3 is 2.43 bits per heavy atom. The average Bonchev–Trinajstić information content (AvgIpc) is 3.05. The van der Waals surface area contributed by atoms with Gasteiger partial charge in [-0.1, -0.05) is 63.3 Å². The summed E-state index contributed by atoms with van der Waals surface area (Å²) < 4.78 is 0. The summed E-state index contributed by atoms with van der Waals surface area (Å²) in [7, 11) is 0. The van der Waals surface area contributed by atoms with E-state index in [1.54, 1.807) is 6.20 Å². The van der Waals surface area contributed by atoms with Gasteiger partial charge >= 0.3 is 0 Å². The SMILES string of the molecule is CCCCCCCCNCc1ccc(-c2ccn[nH]2)cc1. The fourth-order valence-corrected chi connectivity index (χ4v) is 2.48. The molecule has 0 aliphatic rings. The lowest BCUT2D eigenvalue weighted by atomic mass is 10.1. The lowest BCUT2D eigenvalue weighted by Gasteiger charge is -2.06. The summed E-state index contributed by atoms with van der Waals surface area (Å²) in [6, 6.07) is 10.7. The van der Waals surface area contributed by atoms with E-state index in [-0.39, 0.29) is 0 Å². The second-order valence-corrected chi connectivity index (χ2v) is 5.61. The maximum atomic E-state index is 3.98. The van der Waals surface area contributed by atoms with Crippen molar-refractivity contribution in [2.24, 2.45) is 0 Å². The molecule has 0 aliphatic heterocycles. The van der Waals surface area contributed by atoms with Crippen molar-refractivity contribution < 1.29 is 0 Å². The molecule has 0 saturated carbocycles. The second kappa shape index (κ2) is 9.35. The number of unbranched alkanes of at least 4 members (excludes halogenated alkanes) is 5. The Morgan fingerprint density at radius 2 is 1.71 bits per heavy atom. The van der Waals surface area contributed by atoms with E-state index in [4.69, 9.17) is 0 Å². The van der Waals surface area contributed by atoms with Crippen LogP contribution < -0.4 is 5.32 Å². The minimum Gasteiger partial charge on any atom is -0.313 e. The Morgan fingerprint density at radius 1 is 0.952 bits per heavy atom. The first-order valence-corrected chi connectivity index (χ1v) is 8.19. The van der Waals surface area contributed by atoms with Gasteiger partial charge in [0.05, 0.1) is 5.69 Å². The zero-order valence-electron chi connectivity index (χ0n) is 13.1. The van der Waals surface area contributed by atoms with Gasteiger partial charge in [0.25, 0.3) is 0 Å². The molecule has 0 radical (unpaired) electrons. The van der Waals surface area contributed by atoms with Gasteiger partial charge in [-0.15, -0.1) is 0 Å². The van der Waals surface area contributed by atoms with E-state index < -0.39 is 0 Å². The molecule has 1 heterocycles. The molecule has 0 bridgehead atoms. The Bertz CT molecular complexity index is 474. The van der Waals surface area contributed by atoms with Crippen molar-refractivity contribution in [3.63, 3.8) is 0 Å². The largest absolute Gasteiger partial charge is 0.313 e. The van der Waals surface area contributed by atoms with Gasteiger partial charge in [0, 0.05) is 12.7 Å². The number of nitrogens with zero attached hydrogens (tertiary/aromatic N) is 1. The molecule has 0 saturated heterocycles. The molecule has 3 heteroatoms. The highest BCUT2D eigenvalue weighted by atomic mass is 15.1. The maximum Gasteiger partial charge on any atom is 0.0650 e. The zero-order valence-corrected chi connectivity index (χ0v) is 13.1. The predicted octanol–water partition coefficient (Wildman–Crippen LogP) is 4.53. The van der Waals surface area contributed by atoms with Crippen LogP contribution in [0.3, 0.4) is 0 Å². The minimum atomic E-state index is 0.957. The monoisotopic (exact) mass is 285 g/mol. The summed E-state index contributed by atoms with van der Waals surface area (Å²) in [5.41, 5.74) is 3.60.